The molecule has 232 valence electrons. The summed E-state index contributed by atoms with van der Waals surface area (Å²) in [7, 11) is 0. The highest BCUT2D eigenvalue weighted by Crippen LogP contribution is 2.38. The van der Waals surface area contributed by atoms with Gasteiger partial charge in [-0.05, 0) is 48.9 Å². The van der Waals surface area contributed by atoms with Crippen LogP contribution in [-0.2, 0) is 17.9 Å². The average Bonchev–Trinajstić information content (AvgIpc) is 3.54. The van der Waals surface area contributed by atoms with Gasteiger partial charge in [0.1, 0.15) is 17.3 Å². The second-order valence-electron chi connectivity index (χ2n) is 11.2. The van der Waals surface area contributed by atoms with Crippen molar-refractivity contribution in [3.8, 4) is 5.75 Å². The molecule has 8 heteroatoms. The highest BCUT2D eigenvalue weighted by atomic mass is 32.2. The van der Waals surface area contributed by atoms with Crippen LogP contribution in [0.2, 0.25) is 0 Å². The van der Waals surface area contributed by atoms with Crippen molar-refractivity contribution >= 4 is 29.3 Å². The molecule has 0 radical (unpaired) electrons. The monoisotopic (exact) mass is 608 g/mol. The summed E-state index contributed by atoms with van der Waals surface area (Å²) in [5, 5.41) is 2.85. The number of carbonyl (C=O) groups excluding carboxylic acids is 2. The number of fused-ring (bicyclic) bond motifs is 1. The highest BCUT2D eigenvalue weighted by molar-refractivity contribution is 8.00. The van der Waals surface area contributed by atoms with Gasteiger partial charge < -0.3 is 19.4 Å². The molecule has 0 fully saturated rings. The van der Waals surface area contributed by atoms with Crippen LogP contribution in [0.5, 0.6) is 5.75 Å². The fourth-order valence-corrected chi connectivity index (χ4v) is 6.28. The lowest BCUT2D eigenvalue weighted by molar-refractivity contribution is -0.116. The Bertz CT molecular complexity index is 1300. The molecule has 1 aromatic heterocycles. The number of hydrogen-bond donors (Lipinski definition) is 1. The molecular weight excluding hydrogens is 563 g/mol. The molecule has 0 saturated carbocycles. The Balaban J connectivity index is 1.26. The number of nitrogens with zero attached hydrogens (tertiary/aromatic N) is 1. The lowest BCUT2D eigenvalue weighted by Crippen LogP contribution is -2.35. The average molecular weight is 609 g/mol. The van der Waals surface area contributed by atoms with Gasteiger partial charge in [0, 0.05) is 16.0 Å². The first-order chi connectivity index (χ1) is 21.1. The smallest absolute Gasteiger partial charge is 0.251 e. The Labute approximate surface area is 259 Å². The number of furan rings is 1. The molecule has 0 spiro atoms. The van der Waals surface area contributed by atoms with Gasteiger partial charge in [-0.25, -0.2) is 4.39 Å². The predicted octanol–water partition coefficient (Wildman–Crippen LogP) is 9.07. The summed E-state index contributed by atoms with van der Waals surface area (Å²) in [6.07, 6.45) is 16.8. The van der Waals surface area contributed by atoms with E-state index in [2.05, 4.69) is 12.2 Å². The van der Waals surface area contributed by atoms with Crippen molar-refractivity contribution in [2.75, 3.05) is 17.3 Å². The number of rotatable bonds is 19. The second-order valence-corrected chi connectivity index (χ2v) is 12.2. The molecule has 0 atom stereocenters. The SMILES string of the molecule is CCCCCCCCCCCCCCOc1cccc(F)c1CN1C(=O)CSc2cc(C(=O)NCc3ccco3)ccc21. The van der Waals surface area contributed by atoms with Gasteiger partial charge in [-0.1, -0.05) is 83.6 Å². The van der Waals surface area contributed by atoms with Crippen molar-refractivity contribution in [2.24, 2.45) is 0 Å². The van der Waals surface area contributed by atoms with Gasteiger partial charge in [0.25, 0.3) is 5.91 Å². The zero-order valence-electron chi connectivity index (χ0n) is 25.4. The van der Waals surface area contributed by atoms with E-state index >= 15 is 4.39 Å². The van der Waals surface area contributed by atoms with E-state index in [0.29, 0.717) is 34.9 Å². The lowest BCUT2D eigenvalue weighted by Gasteiger charge is -2.30. The van der Waals surface area contributed by atoms with Crippen LogP contribution in [0.25, 0.3) is 0 Å². The topological polar surface area (TPSA) is 71.8 Å². The summed E-state index contributed by atoms with van der Waals surface area (Å²) < 4.78 is 26.4. The fraction of sp³-hybridized carbons (Fsp3) is 0.486. The molecule has 2 aromatic carbocycles. The maximum atomic E-state index is 15.1. The fourth-order valence-electron chi connectivity index (χ4n) is 5.31. The van der Waals surface area contributed by atoms with Gasteiger partial charge in [-0.15, -0.1) is 11.8 Å². The van der Waals surface area contributed by atoms with Gasteiger partial charge >= 0.3 is 0 Å². The third-order valence-corrected chi connectivity index (χ3v) is 8.85. The molecule has 1 aliphatic heterocycles. The summed E-state index contributed by atoms with van der Waals surface area (Å²) in [4.78, 5) is 28.1. The van der Waals surface area contributed by atoms with E-state index in [1.54, 1.807) is 53.6 Å². The molecular formula is C35H45FN2O4S. The normalized spacial score (nSPS) is 12.8. The van der Waals surface area contributed by atoms with E-state index in [1.807, 2.05) is 0 Å². The first-order valence-electron chi connectivity index (χ1n) is 15.8. The molecule has 43 heavy (non-hydrogen) atoms. The number of amides is 2. The summed E-state index contributed by atoms with van der Waals surface area (Å²) in [6.45, 7) is 3.13. The predicted molar refractivity (Wildman–Crippen MR) is 171 cm³/mol. The molecule has 0 saturated heterocycles. The zero-order valence-corrected chi connectivity index (χ0v) is 26.2. The summed E-state index contributed by atoms with van der Waals surface area (Å²) in [5.41, 5.74) is 1.52. The van der Waals surface area contributed by atoms with E-state index in [9.17, 15) is 9.59 Å². The van der Waals surface area contributed by atoms with Gasteiger partial charge in [-0.2, -0.15) is 0 Å². The first-order valence-corrected chi connectivity index (χ1v) is 16.8. The molecule has 0 unspecified atom stereocenters. The van der Waals surface area contributed by atoms with E-state index < -0.39 is 5.82 Å². The van der Waals surface area contributed by atoms with Gasteiger partial charge in [0.2, 0.25) is 5.91 Å². The van der Waals surface area contributed by atoms with Crippen LogP contribution in [0, 0.1) is 5.82 Å². The van der Waals surface area contributed by atoms with Gasteiger partial charge in [0.05, 0.1) is 37.4 Å². The second kappa shape index (κ2) is 17.8. The molecule has 1 N–H and O–H groups in total. The Hall–Kier alpha value is -3.26. The quantitative estimate of drug-likeness (QED) is 0.138. The Morgan fingerprint density at radius 2 is 1.67 bits per heavy atom. The van der Waals surface area contributed by atoms with Gasteiger partial charge in [0.15, 0.2) is 0 Å². The van der Waals surface area contributed by atoms with Crippen LogP contribution in [-0.4, -0.2) is 24.2 Å². The number of carbonyl (C=O) groups is 2. The van der Waals surface area contributed by atoms with Crippen LogP contribution in [0.3, 0.4) is 0 Å². The van der Waals surface area contributed by atoms with E-state index in [-0.39, 0.29) is 30.7 Å². The third kappa shape index (κ3) is 10.2. The van der Waals surface area contributed by atoms with Crippen molar-refractivity contribution in [2.45, 2.75) is 102 Å². The Morgan fingerprint density at radius 1 is 0.953 bits per heavy atom. The number of thioether (sulfide) groups is 1. The number of nitrogens with one attached hydrogen (secondary N) is 1. The number of hydrogen-bond acceptors (Lipinski definition) is 5. The minimum Gasteiger partial charge on any atom is -0.493 e. The molecule has 3 aromatic rings. The summed E-state index contributed by atoms with van der Waals surface area (Å²) in [6, 6.07) is 13.6. The maximum Gasteiger partial charge on any atom is 0.251 e. The minimum absolute atomic E-state index is 0.0664. The van der Waals surface area contributed by atoms with Gasteiger partial charge in [-0.3, -0.25) is 9.59 Å². The lowest BCUT2D eigenvalue weighted by atomic mass is 10.1. The largest absolute Gasteiger partial charge is 0.493 e. The third-order valence-electron chi connectivity index (χ3n) is 7.82. The maximum absolute atomic E-state index is 15.1. The van der Waals surface area contributed by atoms with Crippen LogP contribution < -0.4 is 15.0 Å². The number of unbranched alkanes of at least 4 members (excludes halogenated alkanes) is 11. The number of ether oxygens (including phenoxy) is 1. The number of halogens is 1. The standard InChI is InChI=1S/C35H45FN2O4S/c1-2-3-4-5-6-7-8-9-10-11-12-13-21-42-32-18-14-17-30(36)29(32)25-38-31-20-19-27(23-33(31)43-26-34(38)39)35(40)37-24-28-16-15-22-41-28/h14-20,22-23H,2-13,21,24-26H2,1H3,(H,37,40). The zero-order chi connectivity index (χ0) is 30.3. The van der Waals surface area contributed by atoms with E-state index in [0.717, 1.165) is 17.7 Å². The Morgan fingerprint density at radius 3 is 2.37 bits per heavy atom. The van der Waals surface area contributed by atoms with E-state index in [1.165, 1.54) is 82.0 Å². The number of anilines is 1. The van der Waals surface area contributed by atoms with Crippen LogP contribution in [0.4, 0.5) is 10.1 Å². The highest BCUT2D eigenvalue weighted by Gasteiger charge is 2.28. The molecule has 2 heterocycles. The summed E-state index contributed by atoms with van der Waals surface area (Å²) in [5.74, 6) is 0.625. The molecule has 0 bridgehead atoms. The van der Waals surface area contributed by atoms with Crippen molar-refractivity contribution in [1.82, 2.24) is 5.32 Å². The molecule has 0 aliphatic carbocycles. The number of benzene rings is 2. The molecule has 2 amide bonds. The van der Waals surface area contributed by atoms with Crippen LogP contribution in [0.15, 0.2) is 64.1 Å². The van der Waals surface area contributed by atoms with Crippen LogP contribution >= 0.6 is 11.8 Å². The first kappa shape index (κ1) is 32.6. The van der Waals surface area contributed by atoms with E-state index in [4.69, 9.17) is 9.15 Å². The molecule has 4 rings (SSSR count). The van der Waals surface area contributed by atoms with Crippen LogP contribution in [0.1, 0.15) is 106 Å². The van der Waals surface area contributed by atoms with Crippen molar-refractivity contribution < 1.29 is 23.1 Å². The minimum atomic E-state index is -0.395. The Kier molecular flexibility index (Phi) is 13.5. The van der Waals surface area contributed by atoms with Crippen molar-refractivity contribution in [3.05, 3.63) is 77.5 Å². The van der Waals surface area contributed by atoms with Crippen molar-refractivity contribution in [1.29, 1.82) is 0 Å². The summed E-state index contributed by atoms with van der Waals surface area (Å²) >= 11 is 1.38. The van der Waals surface area contributed by atoms with Crippen molar-refractivity contribution in [3.63, 3.8) is 0 Å². The molecule has 6 nitrogen and oxygen atoms in total. The molecule has 1 aliphatic rings.